The highest BCUT2D eigenvalue weighted by Gasteiger charge is 2.02. The molecule has 2 N–H and O–H groups in total. The zero-order valence-corrected chi connectivity index (χ0v) is 16.0. The maximum atomic E-state index is 11.9. The Morgan fingerprint density at radius 3 is 2.70 bits per heavy atom. The van der Waals surface area contributed by atoms with Gasteiger partial charge >= 0.3 is 0 Å². The van der Waals surface area contributed by atoms with Crippen molar-refractivity contribution in [3.8, 4) is 11.5 Å². The number of phenolic OH excluding ortho intramolecular Hbond substituents is 1. The Balaban J connectivity index is 1.63. The Morgan fingerprint density at radius 1 is 1.19 bits per heavy atom. The molecule has 0 radical (unpaired) electrons. The van der Waals surface area contributed by atoms with Gasteiger partial charge in [0.25, 0.3) is 0 Å². The maximum Gasteiger partial charge on any atom is 0.243 e. The highest BCUT2D eigenvalue weighted by molar-refractivity contribution is 5.91. The van der Waals surface area contributed by atoms with E-state index in [-0.39, 0.29) is 11.7 Å². The van der Waals surface area contributed by atoms with Crippen LogP contribution in [0.25, 0.3) is 6.08 Å². The highest BCUT2D eigenvalue weighted by atomic mass is 16.5. The normalized spacial score (nSPS) is 11.1. The molecule has 0 spiro atoms. The number of carbonyl (C=O) groups excluding carboxylic acids is 1. The summed E-state index contributed by atoms with van der Waals surface area (Å²) >= 11 is 0. The maximum absolute atomic E-state index is 11.9. The Hall–Kier alpha value is -2.79. The molecule has 0 unspecified atom stereocenters. The first-order chi connectivity index (χ1) is 13.1. The molecule has 0 aliphatic heterocycles. The van der Waals surface area contributed by atoms with Crippen LogP contribution >= 0.6 is 0 Å². The Kier molecular flexibility index (Phi) is 8.39. The van der Waals surface area contributed by atoms with Gasteiger partial charge in [0.05, 0.1) is 7.11 Å². The fraction of sp³-hybridized carbons (Fsp3) is 0.318. The SMILES string of the molecule is COc1cc(/C=C/C(=O)NCCCCN(C)Cc2ccccc2)ccc1O. The number of benzene rings is 2. The number of amides is 1. The number of nitrogens with zero attached hydrogens (tertiary/aromatic N) is 1. The Labute approximate surface area is 161 Å². The topological polar surface area (TPSA) is 61.8 Å². The van der Waals surface area contributed by atoms with Gasteiger partial charge in [0, 0.05) is 19.2 Å². The fourth-order valence-electron chi connectivity index (χ4n) is 2.72. The van der Waals surface area contributed by atoms with Crippen LogP contribution in [-0.4, -0.2) is 43.2 Å². The van der Waals surface area contributed by atoms with Crippen molar-refractivity contribution in [2.24, 2.45) is 0 Å². The zero-order valence-electron chi connectivity index (χ0n) is 16.0. The van der Waals surface area contributed by atoms with Crippen LogP contribution in [0.2, 0.25) is 0 Å². The molecule has 0 saturated carbocycles. The summed E-state index contributed by atoms with van der Waals surface area (Å²) in [6.45, 7) is 2.58. The molecule has 0 saturated heterocycles. The van der Waals surface area contributed by atoms with Gasteiger partial charge in [0.2, 0.25) is 5.91 Å². The van der Waals surface area contributed by atoms with Crippen LogP contribution in [0.3, 0.4) is 0 Å². The van der Waals surface area contributed by atoms with E-state index in [1.165, 1.54) is 18.7 Å². The van der Waals surface area contributed by atoms with Crippen molar-refractivity contribution < 1.29 is 14.6 Å². The molecular weight excluding hydrogens is 340 g/mol. The van der Waals surface area contributed by atoms with Crippen molar-refractivity contribution in [2.45, 2.75) is 19.4 Å². The first kappa shape index (κ1) is 20.5. The summed E-state index contributed by atoms with van der Waals surface area (Å²) < 4.78 is 5.05. The van der Waals surface area contributed by atoms with E-state index >= 15 is 0 Å². The number of carbonyl (C=O) groups is 1. The first-order valence-electron chi connectivity index (χ1n) is 9.14. The third-order valence-electron chi connectivity index (χ3n) is 4.19. The van der Waals surface area contributed by atoms with E-state index in [1.54, 1.807) is 24.3 Å². The number of hydrogen-bond acceptors (Lipinski definition) is 4. The average Bonchev–Trinajstić information content (AvgIpc) is 2.67. The predicted molar refractivity (Wildman–Crippen MR) is 109 cm³/mol. The Morgan fingerprint density at radius 2 is 1.96 bits per heavy atom. The zero-order chi connectivity index (χ0) is 19.5. The average molecular weight is 368 g/mol. The quantitative estimate of drug-likeness (QED) is 0.498. The molecule has 27 heavy (non-hydrogen) atoms. The summed E-state index contributed by atoms with van der Waals surface area (Å²) in [5.74, 6) is 0.341. The summed E-state index contributed by atoms with van der Waals surface area (Å²) in [5.41, 5.74) is 2.10. The van der Waals surface area contributed by atoms with Gasteiger partial charge in [-0.15, -0.1) is 0 Å². The largest absolute Gasteiger partial charge is 0.504 e. The molecular formula is C22H28N2O3. The van der Waals surface area contributed by atoms with Crippen molar-refractivity contribution in [1.82, 2.24) is 10.2 Å². The van der Waals surface area contributed by atoms with Crippen LogP contribution < -0.4 is 10.1 Å². The molecule has 5 nitrogen and oxygen atoms in total. The lowest BCUT2D eigenvalue weighted by Gasteiger charge is -2.16. The van der Waals surface area contributed by atoms with E-state index < -0.39 is 0 Å². The number of methoxy groups -OCH3 is 1. The second-order valence-corrected chi connectivity index (χ2v) is 6.49. The van der Waals surface area contributed by atoms with Gasteiger partial charge in [0.15, 0.2) is 11.5 Å². The molecule has 0 fully saturated rings. The molecule has 0 aliphatic carbocycles. The summed E-state index contributed by atoms with van der Waals surface area (Å²) in [6, 6.07) is 15.4. The highest BCUT2D eigenvalue weighted by Crippen LogP contribution is 2.26. The van der Waals surface area contributed by atoms with Crippen molar-refractivity contribution >= 4 is 12.0 Å². The van der Waals surface area contributed by atoms with E-state index in [1.807, 2.05) is 6.07 Å². The molecule has 0 aliphatic rings. The molecule has 0 heterocycles. The van der Waals surface area contributed by atoms with Crippen molar-refractivity contribution in [2.75, 3.05) is 27.2 Å². The minimum atomic E-state index is -0.125. The second-order valence-electron chi connectivity index (χ2n) is 6.49. The molecule has 144 valence electrons. The summed E-state index contributed by atoms with van der Waals surface area (Å²) in [5, 5.41) is 12.5. The number of unbranched alkanes of at least 4 members (excludes halogenated alkanes) is 1. The molecule has 5 heteroatoms. The van der Waals surface area contributed by atoms with Crippen LogP contribution in [0.5, 0.6) is 11.5 Å². The summed E-state index contributed by atoms with van der Waals surface area (Å²) in [4.78, 5) is 14.2. The minimum Gasteiger partial charge on any atom is -0.504 e. The van der Waals surface area contributed by atoms with E-state index in [9.17, 15) is 9.90 Å². The van der Waals surface area contributed by atoms with E-state index in [4.69, 9.17) is 4.74 Å². The standard InChI is InChI=1S/C22H28N2O3/c1-24(17-19-8-4-3-5-9-19)15-7-6-14-23-22(26)13-11-18-10-12-20(25)21(16-18)27-2/h3-5,8-13,16,25H,6-7,14-15,17H2,1-2H3,(H,23,26)/b13-11+. The molecule has 2 aromatic rings. The number of rotatable bonds is 10. The van der Waals surface area contributed by atoms with Crippen LogP contribution in [0.4, 0.5) is 0 Å². The number of phenols is 1. The smallest absolute Gasteiger partial charge is 0.243 e. The lowest BCUT2D eigenvalue weighted by atomic mass is 10.2. The lowest BCUT2D eigenvalue weighted by molar-refractivity contribution is -0.116. The van der Waals surface area contributed by atoms with Crippen molar-refractivity contribution in [3.63, 3.8) is 0 Å². The summed E-state index contributed by atoms with van der Waals surface area (Å²) in [7, 11) is 3.60. The van der Waals surface area contributed by atoms with Gasteiger partial charge in [-0.3, -0.25) is 4.79 Å². The predicted octanol–water partition coefficient (Wildman–Crippen LogP) is 3.44. The van der Waals surface area contributed by atoms with Gasteiger partial charge in [-0.25, -0.2) is 0 Å². The van der Waals surface area contributed by atoms with E-state index in [0.29, 0.717) is 12.3 Å². The number of ether oxygens (including phenoxy) is 1. The monoisotopic (exact) mass is 368 g/mol. The molecule has 0 atom stereocenters. The molecule has 0 aromatic heterocycles. The minimum absolute atomic E-state index is 0.0799. The molecule has 2 rings (SSSR count). The third-order valence-corrected chi connectivity index (χ3v) is 4.19. The van der Waals surface area contributed by atoms with Crippen molar-refractivity contribution in [3.05, 3.63) is 65.7 Å². The second kappa shape index (κ2) is 11.0. The fourth-order valence-corrected chi connectivity index (χ4v) is 2.72. The van der Waals surface area contributed by atoms with Crippen molar-refractivity contribution in [1.29, 1.82) is 0 Å². The number of aromatic hydroxyl groups is 1. The van der Waals surface area contributed by atoms with Gasteiger partial charge < -0.3 is 20.1 Å². The van der Waals surface area contributed by atoms with Gasteiger partial charge in [-0.1, -0.05) is 36.4 Å². The molecule has 0 bridgehead atoms. The van der Waals surface area contributed by atoms with Gasteiger partial charge in [0.1, 0.15) is 0 Å². The van der Waals surface area contributed by atoms with Gasteiger partial charge in [-0.05, 0) is 55.8 Å². The van der Waals surface area contributed by atoms with E-state index in [0.717, 1.165) is 31.5 Å². The summed E-state index contributed by atoms with van der Waals surface area (Å²) in [6.07, 6.45) is 5.16. The third kappa shape index (κ3) is 7.54. The first-order valence-corrected chi connectivity index (χ1v) is 9.14. The molecule has 2 aromatic carbocycles. The number of nitrogens with one attached hydrogen (secondary N) is 1. The van der Waals surface area contributed by atoms with Crippen LogP contribution in [0.15, 0.2) is 54.6 Å². The van der Waals surface area contributed by atoms with Crippen LogP contribution in [-0.2, 0) is 11.3 Å². The number of hydrogen-bond donors (Lipinski definition) is 2. The van der Waals surface area contributed by atoms with E-state index in [2.05, 4.69) is 41.5 Å². The lowest BCUT2D eigenvalue weighted by Crippen LogP contribution is -2.24. The van der Waals surface area contributed by atoms with Crippen LogP contribution in [0.1, 0.15) is 24.0 Å². The van der Waals surface area contributed by atoms with Gasteiger partial charge in [-0.2, -0.15) is 0 Å². The molecule has 1 amide bonds. The van der Waals surface area contributed by atoms with Crippen LogP contribution in [0, 0.1) is 0 Å². The Bertz CT molecular complexity index is 744.